The molecular formula is C23H26N4O. The topological polar surface area (TPSA) is 51.0 Å². The zero-order valence-electron chi connectivity index (χ0n) is 16.3. The first-order valence-corrected chi connectivity index (χ1v) is 10.1. The van der Waals surface area contributed by atoms with Crippen molar-refractivity contribution in [3.05, 3.63) is 66.5 Å². The van der Waals surface area contributed by atoms with Gasteiger partial charge in [-0.05, 0) is 25.0 Å². The van der Waals surface area contributed by atoms with E-state index in [0.29, 0.717) is 5.82 Å². The molecule has 1 aromatic heterocycles. The first kappa shape index (κ1) is 18.4. The number of nitrogens with zero attached hydrogens (tertiary/aromatic N) is 4. The summed E-state index contributed by atoms with van der Waals surface area (Å²) < 4.78 is 1.77. The predicted molar refractivity (Wildman–Crippen MR) is 110 cm³/mol. The smallest absolute Gasteiger partial charge is 0.293 e. The van der Waals surface area contributed by atoms with E-state index in [0.717, 1.165) is 24.1 Å². The van der Waals surface area contributed by atoms with Crippen molar-refractivity contribution in [1.82, 2.24) is 19.7 Å². The van der Waals surface area contributed by atoms with Crippen molar-refractivity contribution in [2.45, 2.75) is 44.6 Å². The van der Waals surface area contributed by atoms with Gasteiger partial charge >= 0.3 is 0 Å². The molecule has 0 radical (unpaired) electrons. The van der Waals surface area contributed by atoms with Gasteiger partial charge in [0.05, 0.1) is 5.69 Å². The van der Waals surface area contributed by atoms with Gasteiger partial charge in [-0.1, -0.05) is 74.2 Å². The number of amides is 1. The van der Waals surface area contributed by atoms with E-state index < -0.39 is 0 Å². The molecule has 4 rings (SSSR count). The fraction of sp³-hybridized carbons (Fsp3) is 0.348. The van der Waals surface area contributed by atoms with Crippen LogP contribution in [0.1, 0.15) is 49.1 Å². The molecule has 5 heteroatoms. The van der Waals surface area contributed by atoms with Crippen LogP contribution in [0.3, 0.4) is 0 Å². The predicted octanol–water partition coefficient (Wildman–Crippen LogP) is 4.73. The molecule has 1 aliphatic rings. The van der Waals surface area contributed by atoms with Crippen LogP contribution >= 0.6 is 0 Å². The Bertz CT molecular complexity index is 855. The van der Waals surface area contributed by atoms with Crippen LogP contribution in [-0.4, -0.2) is 38.7 Å². The Morgan fingerprint density at radius 3 is 2.18 bits per heavy atom. The van der Waals surface area contributed by atoms with Crippen molar-refractivity contribution < 1.29 is 4.79 Å². The van der Waals surface area contributed by atoms with Crippen molar-refractivity contribution in [3.63, 3.8) is 0 Å². The first-order valence-electron chi connectivity index (χ1n) is 10.1. The van der Waals surface area contributed by atoms with Crippen LogP contribution in [0.2, 0.25) is 0 Å². The van der Waals surface area contributed by atoms with Gasteiger partial charge in [-0.2, -0.15) is 0 Å². The Balaban J connectivity index is 1.70. The van der Waals surface area contributed by atoms with Crippen LogP contribution in [0, 0.1) is 0 Å². The average molecular weight is 374 g/mol. The summed E-state index contributed by atoms with van der Waals surface area (Å²) in [5.74, 6) is 0.845. The lowest BCUT2D eigenvalue weighted by Gasteiger charge is -2.26. The van der Waals surface area contributed by atoms with Gasteiger partial charge in [-0.15, -0.1) is 5.10 Å². The lowest BCUT2D eigenvalue weighted by Crippen LogP contribution is -2.37. The zero-order chi connectivity index (χ0) is 19.3. The highest BCUT2D eigenvalue weighted by Gasteiger charge is 2.26. The van der Waals surface area contributed by atoms with Crippen LogP contribution in [0.5, 0.6) is 0 Å². The van der Waals surface area contributed by atoms with Gasteiger partial charge in [0.2, 0.25) is 5.82 Å². The van der Waals surface area contributed by atoms with Gasteiger partial charge in [0.1, 0.15) is 0 Å². The summed E-state index contributed by atoms with van der Waals surface area (Å²) in [5, 5.41) is 4.61. The van der Waals surface area contributed by atoms with E-state index in [1.165, 1.54) is 25.7 Å². The van der Waals surface area contributed by atoms with Crippen molar-refractivity contribution >= 4 is 5.91 Å². The van der Waals surface area contributed by atoms with Gasteiger partial charge in [0.15, 0.2) is 5.82 Å². The molecule has 1 saturated carbocycles. The van der Waals surface area contributed by atoms with Gasteiger partial charge in [0, 0.05) is 18.7 Å². The second-order valence-corrected chi connectivity index (χ2v) is 7.43. The van der Waals surface area contributed by atoms with Crippen LogP contribution in [0.4, 0.5) is 0 Å². The number of aromatic nitrogens is 3. The minimum atomic E-state index is -0.0984. The standard InChI is InChI=1S/C23H26N4O/c1-26(19-14-8-2-3-9-15-19)23(28)21-24-22(18-12-6-4-7-13-18)27(25-21)20-16-10-5-11-17-20/h4-7,10-13,16-17,19H,2-3,8-9,14-15H2,1H3. The van der Waals surface area contributed by atoms with Gasteiger partial charge in [0.25, 0.3) is 5.91 Å². The Labute approximate surface area is 166 Å². The minimum Gasteiger partial charge on any atom is -0.336 e. The molecule has 0 N–H and O–H groups in total. The van der Waals surface area contributed by atoms with E-state index in [1.54, 1.807) is 4.68 Å². The molecule has 5 nitrogen and oxygen atoms in total. The normalized spacial score (nSPS) is 15.2. The quantitative estimate of drug-likeness (QED) is 0.621. The largest absolute Gasteiger partial charge is 0.336 e. The molecule has 1 heterocycles. The number of carbonyl (C=O) groups is 1. The van der Waals surface area contributed by atoms with E-state index in [-0.39, 0.29) is 17.8 Å². The van der Waals surface area contributed by atoms with Gasteiger partial charge in [-0.25, -0.2) is 9.67 Å². The zero-order valence-corrected chi connectivity index (χ0v) is 16.3. The molecular weight excluding hydrogens is 348 g/mol. The molecule has 2 aromatic carbocycles. The Morgan fingerprint density at radius 2 is 1.54 bits per heavy atom. The monoisotopic (exact) mass is 374 g/mol. The van der Waals surface area contributed by atoms with Crippen LogP contribution in [0.15, 0.2) is 60.7 Å². The van der Waals surface area contributed by atoms with Crippen molar-refractivity contribution in [1.29, 1.82) is 0 Å². The second-order valence-electron chi connectivity index (χ2n) is 7.43. The summed E-state index contributed by atoms with van der Waals surface area (Å²) in [6, 6.07) is 20.0. The first-order chi connectivity index (χ1) is 13.7. The maximum atomic E-state index is 13.2. The number of hydrogen-bond acceptors (Lipinski definition) is 3. The van der Waals surface area contributed by atoms with Crippen molar-refractivity contribution in [2.24, 2.45) is 0 Å². The third-order valence-electron chi connectivity index (χ3n) is 5.52. The highest BCUT2D eigenvalue weighted by molar-refractivity contribution is 5.91. The Hall–Kier alpha value is -2.95. The highest BCUT2D eigenvalue weighted by Crippen LogP contribution is 2.24. The second kappa shape index (κ2) is 8.38. The molecule has 3 aromatic rings. The van der Waals surface area contributed by atoms with E-state index in [4.69, 9.17) is 0 Å². The number of benzene rings is 2. The number of carbonyl (C=O) groups excluding carboxylic acids is 1. The van der Waals surface area contributed by atoms with Crippen LogP contribution in [0.25, 0.3) is 17.1 Å². The fourth-order valence-electron chi connectivity index (χ4n) is 3.89. The number of hydrogen-bond donors (Lipinski definition) is 0. The van der Waals surface area contributed by atoms with Crippen molar-refractivity contribution in [2.75, 3.05) is 7.05 Å². The highest BCUT2D eigenvalue weighted by atomic mass is 16.2. The lowest BCUT2D eigenvalue weighted by atomic mass is 10.1. The number of rotatable bonds is 4. The molecule has 0 atom stereocenters. The molecule has 0 saturated heterocycles. The molecule has 1 amide bonds. The summed E-state index contributed by atoms with van der Waals surface area (Å²) in [6.07, 6.45) is 7.02. The molecule has 0 spiro atoms. The van der Waals surface area contributed by atoms with E-state index >= 15 is 0 Å². The molecule has 28 heavy (non-hydrogen) atoms. The Kier molecular flexibility index (Phi) is 5.51. The van der Waals surface area contributed by atoms with Crippen LogP contribution in [-0.2, 0) is 0 Å². The molecule has 1 aliphatic carbocycles. The van der Waals surface area contributed by atoms with E-state index in [1.807, 2.05) is 72.6 Å². The molecule has 0 aliphatic heterocycles. The van der Waals surface area contributed by atoms with Crippen molar-refractivity contribution in [3.8, 4) is 17.1 Å². The molecule has 0 bridgehead atoms. The third-order valence-corrected chi connectivity index (χ3v) is 5.52. The average Bonchev–Trinajstić information content (AvgIpc) is 3.02. The molecule has 0 unspecified atom stereocenters. The summed E-state index contributed by atoms with van der Waals surface area (Å²) in [4.78, 5) is 19.7. The summed E-state index contributed by atoms with van der Waals surface area (Å²) >= 11 is 0. The molecule has 144 valence electrons. The van der Waals surface area contributed by atoms with Crippen LogP contribution < -0.4 is 0 Å². The van der Waals surface area contributed by atoms with E-state index in [2.05, 4.69) is 10.1 Å². The SMILES string of the molecule is CN(C(=O)c1nc(-c2ccccc2)n(-c2ccccc2)n1)C1CCCCCC1. The Morgan fingerprint density at radius 1 is 0.929 bits per heavy atom. The van der Waals surface area contributed by atoms with Gasteiger partial charge < -0.3 is 4.90 Å². The van der Waals surface area contributed by atoms with Gasteiger partial charge in [-0.3, -0.25) is 4.79 Å². The lowest BCUT2D eigenvalue weighted by molar-refractivity contribution is 0.0705. The fourth-order valence-corrected chi connectivity index (χ4v) is 3.89. The maximum absolute atomic E-state index is 13.2. The maximum Gasteiger partial charge on any atom is 0.293 e. The minimum absolute atomic E-state index is 0.0984. The summed E-state index contributed by atoms with van der Waals surface area (Å²) in [5.41, 5.74) is 1.83. The summed E-state index contributed by atoms with van der Waals surface area (Å²) in [7, 11) is 1.89. The molecule has 1 fully saturated rings. The third kappa shape index (κ3) is 3.84. The van der Waals surface area contributed by atoms with E-state index in [9.17, 15) is 4.79 Å². The summed E-state index contributed by atoms with van der Waals surface area (Å²) in [6.45, 7) is 0. The number of para-hydroxylation sites is 1.